The fourth-order valence-corrected chi connectivity index (χ4v) is 2.45. The molecule has 0 spiro atoms. The summed E-state index contributed by atoms with van der Waals surface area (Å²) in [7, 11) is 0. The first-order valence-corrected chi connectivity index (χ1v) is 6.06. The van der Waals surface area contributed by atoms with Gasteiger partial charge in [-0.3, -0.25) is 0 Å². The lowest BCUT2D eigenvalue weighted by Crippen LogP contribution is -2.04. The molecule has 0 saturated carbocycles. The van der Waals surface area contributed by atoms with Gasteiger partial charge in [-0.2, -0.15) is 13.9 Å². The minimum absolute atomic E-state index is 0.135. The average Bonchev–Trinajstić information content (AvgIpc) is 2.94. The third-order valence-electron chi connectivity index (χ3n) is 3.27. The Hall–Kier alpha value is -2.11. The van der Waals surface area contributed by atoms with E-state index in [2.05, 4.69) is 9.84 Å². The van der Waals surface area contributed by atoms with Gasteiger partial charge >= 0.3 is 6.61 Å². The molecule has 100 valence electrons. The first kappa shape index (κ1) is 12.0. The van der Waals surface area contributed by atoms with Crippen LogP contribution in [0.3, 0.4) is 0 Å². The van der Waals surface area contributed by atoms with E-state index in [4.69, 9.17) is 5.73 Å². The molecule has 3 rings (SSSR count). The summed E-state index contributed by atoms with van der Waals surface area (Å²) in [5.74, 6) is 0.691. The van der Waals surface area contributed by atoms with Crippen LogP contribution in [0, 0.1) is 0 Å². The summed E-state index contributed by atoms with van der Waals surface area (Å²) >= 11 is 0. The van der Waals surface area contributed by atoms with E-state index in [0.717, 1.165) is 36.2 Å². The van der Waals surface area contributed by atoms with Crippen LogP contribution in [-0.2, 0) is 12.8 Å². The Morgan fingerprint density at radius 2 is 1.95 bits per heavy atom. The van der Waals surface area contributed by atoms with Gasteiger partial charge in [-0.05, 0) is 43.5 Å². The fraction of sp³-hybridized carbons (Fsp3) is 0.308. The predicted molar refractivity (Wildman–Crippen MR) is 66.6 cm³/mol. The topological polar surface area (TPSA) is 53.1 Å². The van der Waals surface area contributed by atoms with Gasteiger partial charge in [-0.15, -0.1) is 0 Å². The average molecular weight is 265 g/mol. The highest BCUT2D eigenvalue weighted by Crippen LogP contribution is 2.29. The lowest BCUT2D eigenvalue weighted by molar-refractivity contribution is -0.0498. The first-order valence-electron chi connectivity index (χ1n) is 6.06. The minimum Gasteiger partial charge on any atom is -0.435 e. The third kappa shape index (κ3) is 2.14. The van der Waals surface area contributed by atoms with Crippen LogP contribution in [0.4, 0.5) is 14.6 Å². The van der Waals surface area contributed by atoms with Crippen LogP contribution in [0.25, 0.3) is 5.69 Å². The molecule has 0 atom stereocenters. The highest BCUT2D eigenvalue weighted by molar-refractivity contribution is 5.49. The molecule has 0 amide bonds. The van der Waals surface area contributed by atoms with Crippen molar-refractivity contribution >= 4 is 5.82 Å². The number of halogens is 2. The number of nitrogen functional groups attached to an aromatic ring is 1. The van der Waals surface area contributed by atoms with Crippen molar-refractivity contribution in [1.29, 1.82) is 0 Å². The summed E-state index contributed by atoms with van der Waals surface area (Å²) in [4.78, 5) is 0. The van der Waals surface area contributed by atoms with E-state index in [9.17, 15) is 8.78 Å². The molecule has 4 nitrogen and oxygen atoms in total. The number of nitrogens with two attached hydrogens (primary N) is 1. The summed E-state index contributed by atoms with van der Waals surface area (Å²) in [6.45, 7) is -2.81. The summed E-state index contributed by atoms with van der Waals surface area (Å²) in [5.41, 5.74) is 8.89. The van der Waals surface area contributed by atoms with Crippen LogP contribution in [-0.4, -0.2) is 16.4 Å². The third-order valence-corrected chi connectivity index (χ3v) is 3.27. The second kappa shape index (κ2) is 4.53. The van der Waals surface area contributed by atoms with Crippen LogP contribution in [0.2, 0.25) is 0 Å². The normalized spacial score (nSPS) is 13.8. The Balaban J connectivity index is 1.92. The van der Waals surface area contributed by atoms with E-state index in [1.165, 1.54) is 12.1 Å². The maximum atomic E-state index is 12.1. The zero-order chi connectivity index (χ0) is 13.4. The number of hydrogen-bond donors (Lipinski definition) is 1. The Bertz CT molecular complexity index is 593. The molecule has 1 aromatic heterocycles. The summed E-state index contributed by atoms with van der Waals surface area (Å²) in [6.07, 6.45) is 2.96. The van der Waals surface area contributed by atoms with Crippen molar-refractivity contribution < 1.29 is 13.5 Å². The van der Waals surface area contributed by atoms with Gasteiger partial charge in [0.15, 0.2) is 0 Å². The highest BCUT2D eigenvalue weighted by atomic mass is 19.3. The number of fused-ring (bicyclic) bond motifs is 1. The van der Waals surface area contributed by atoms with E-state index in [1.807, 2.05) is 0 Å². The van der Waals surface area contributed by atoms with Crippen LogP contribution in [0.5, 0.6) is 5.75 Å². The number of rotatable bonds is 3. The molecule has 19 heavy (non-hydrogen) atoms. The van der Waals surface area contributed by atoms with Crippen molar-refractivity contribution in [3.63, 3.8) is 0 Å². The molecule has 0 unspecified atom stereocenters. The Kier molecular flexibility index (Phi) is 2.85. The van der Waals surface area contributed by atoms with Gasteiger partial charge in [-0.25, -0.2) is 4.68 Å². The Labute approximate surface area is 108 Å². The Morgan fingerprint density at radius 1 is 1.21 bits per heavy atom. The fourth-order valence-electron chi connectivity index (χ4n) is 2.45. The molecule has 0 bridgehead atoms. The molecule has 0 radical (unpaired) electrons. The minimum atomic E-state index is -2.81. The van der Waals surface area contributed by atoms with Gasteiger partial charge in [0.2, 0.25) is 0 Å². The van der Waals surface area contributed by atoms with Crippen LogP contribution >= 0.6 is 0 Å². The van der Waals surface area contributed by atoms with E-state index in [-0.39, 0.29) is 5.75 Å². The largest absolute Gasteiger partial charge is 0.435 e. The summed E-state index contributed by atoms with van der Waals surface area (Å²) in [6, 6.07) is 6.40. The van der Waals surface area contributed by atoms with Crippen molar-refractivity contribution in [3.8, 4) is 11.4 Å². The molecular formula is C13H13F2N3O. The van der Waals surface area contributed by atoms with Crippen molar-refractivity contribution in [2.75, 3.05) is 5.73 Å². The number of alkyl halides is 2. The second-order valence-electron chi connectivity index (χ2n) is 4.45. The molecule has 1 heterocycles. The molecular weight excluding hydrogens is 252 g/mol. The molecule has 6 heteroatoms. The monoisotopic (exact) mass is 265 g/mol. The zero-order valence-electron chi connectivity index (χ0n) is 10.1. The number of anilines is 1. The van der Waals surface area contributed by atoms with Crippen LogP contribution < -0.4 is 10.5 Å². The van der Waals surface area contributed by atoms with Crippen LogP contribution in [0.1, 0.15) is 17.7 Å². The van der Waals surface area contributed by atoms with Gasteiger partial charge in [0.25, 0.3) is 0 Å². The Morgan fingerprint density at radius 3 is 2.63 bits per heavy atom. The number of hydrogen-bond acceptors (Lipinski definition) is 3. The van der Waals surface area contributed by atoms with E-state index >= 15 is 0 Å². The van der Waals surface area contributed by atoms with Crippen molar-refractivity contribution in [2.24, 2.45) is 0 Å². The smallest absolute Gasteiger partial charge is 0.387 e. The number of benzene rings is 1. The van der Waals surface area contributed by atoms with Crippen molar-refractivity contribution in [2.45, 2.75) is 25.9 Å². The molecule has 2 N–H and O–H groups in total. The maximum absolute atomic E-state index is 12.1. The van der Waals surface area contributed by atoms with Crippen LogP contribution in [0.15, 0.2) is 24.3 Å². The van der Waals surface area contributed by atoms with E-state index in [1.54, 1.807) is 16.8 Å². The highest BCUT2D eigenvalue weighted by Gasteiger charge is 2.21. The van der Waals surface area contributed by atoms with Gasteiger partial charge in [0.05, 0.1) is 5.69 Å². The van der Waals surface area contributed by atoms with E-state index in [0.29, 0.717) is 5.82 Å². The van der Waals surface area contributed by atoms with Crippen molar-refractivity contribution in [3.05, 3.63) is 35.5 Å². The van der Waals surface area contributed by atoms with Gasteiger partial charge in [-0.1, -0.05) is 0 Å². The molecule has 0 fully saturated rings. The molecule has 0 aliphatic heterocycles. The van der Waals surface area contributed by atoms with Crippen molar-refractivity contribution in [1.82, 2.24) is 9.78 Å². The quantitative estimate of drug-likeness (QED) is 0.927. The van der Waals surface area contributed by atoms with Gasteiger partial charge < -0.3 is 10.5 Å². The molecule has 1 aromatic carbocycles. The maximum Gasteiger partial charge on any atom is 0.387 e. The molecule has 1 aliphatic carbocycles. The molecule has 0 saturated heterocycles. The lowest BCUT2D eigenvalue weighted by atomic mass is 10.2. The summed E-state index contributed by atoms with van der Waals surface area (Å²) in [5, 5.41) is 4.30. The number of nitrogens with zero attached hydrogens (tertiary/aromatic N) is 2. The molecule has 1 aliphatic rings. The van der Waals surface area contributed by atoms with Gasteiger partial charge in [0.1, 0.15) is 11.6 Å². The number of ether oxygens (including phenoxy) is 1. The SMILES string of the molecule is Nc1nn(-c2ccc(OC(F)F)cc2)c2c1CCC2. The second-order valence-corrected chi connectivity index (χ2v) is 4.45. The number of aromatic nitrogens is 2. The lowest BCUT2D eigenvalue weighted by Gasteiger charge is -2.07. The summed E-state index contributed by atoms with van der Waals surface area (Å²) < 4.78 is 30.2. The predicted octanol–water partition coefficient (Wildman–Crippen LogP) is 2.54. The molecule has 2 aromatic rings. The standard InChI is InChI=1S/C13H13F2N3O/c14-13(15)19-9-6-4-8(5-7-9)18-11-3-1-2-10(11)12(16)17-18/h4-7,13H,1-3H2,(H2,16,17). The van der Waals surface area contributed by atoms with Gasteiger partial charge in [0, 0.05) is 11.3 Å². The first-order chi connectivity index (χ1) is 9.15. The zero-order valence-corrected chi connectivity index (χ0v) is 10.1. The van der Waals surface area contributed by atoms with E-state index < -0.39 is 6.61 Å².